The molecule has 0 unspecified atom stereocenters. The highest BCUT2D eigenvalue weighted by atomic mass is 15.0. The third-order valence-electron chi connectivity index (χ3n) is 6.84. The quantitative estimate of drug-likeness (QED) is 0.333. The molecule has 6 nitrogen and oxygen atoms in total. The van der Waals surface area contributed by atoms with Crippen LogP contribution >= 0.6 is 0 Å². The molecule has 170 valence electrons. The van der Waals surface area contributed by atoms with Gasteiger partial charge in [-0.1, -0.05) is 42.5 Å². The number of nitrogens with zero attached hydrogens (tertiary/aromatic N) is 2. The molecular formula is C27H32N6. The van der Waals surface area contributed by atoms with Gasteiger partial charge in [0.1, 0.15) is 11.6 Å². The monoisotopic (exact) mass is 440 g/mol. The molecule has 0 spiro atoms. The maximum atomic E-state index is 4.96. The molecule has 4 N–H and O–H groups in total. The van der Waals surface area contributed by atoms with E-state index < -0.39 is 0 Å². The van der Waals surface area contributed by atoms with Crippen molar-refractivity contribution in [3.05, 3.63) is 71.6 Å². The van der Waals surface area contributed by atoms with Gasteiger partial charge in [-0.3, -0.25) is 0 Å². The third-order valence-corrected chi connectivity index (χ3v) is 6.84. The second kappa shape index (κ2) is 8.96. The van der Waals surface area contributed by atoms with E-state index in [4.69, 9.17) is 4.98 Å². The fourth-order valence-corrected chi connectivity index (χ4v) is 4.52. The van der Waals surface area contributed by atoms with E-state index in [0.717, 1.165) is 47.9 Å². The predicted octanol–water partition coefficient (Wildman–Crippen LogP) is 5.18. The Balaban J connectivity index is 1.43. The van der Waals surface area contributed by atoms with Gasteiger partial charge < -0.3 is 20.6 Å². The standard InChI is InChI=1S/C27H32N6/c1-16(28-3)26-30-15-24(32-26)19-10-8-18(9-11-19)20-12-13-22-21(14-20)6-5-7-23-25(22)33-27(31-23)17(2)29-4/h8-17,28-29H,5-7H2,1-4H3,(H,30,32)(H,31,33)/t16-,17-/m0/s1. The number of hydrogen-bond donors (Lipinski definition) is 4. The van der Waals surface area contributed by atoms with Gasteiger partial charge in [0.15, 0.2) is 0 Å². The summed E-state index contributed by atoms with van der Waals surface area (Å²) in [6, 6.07) is 16.0. The number of aryl methyl sites for hydroxylation is 2. The molecule has 2 atom stereocenters. The van der Waals surface area contributed by atoms with E-state index in [1.54, 1.807) is 0 Å². The summed E-state index contributed by atoms with van der Waals surface area (Å²) in [7, 11) is 3.91. The molecule has 2 aromatic carbocycles. The van der Waals surface area contributed by atoms with Gasteiger partial charge in [-0.2, -0.15) is 0 Å². The van der Waals surface area contributed by atoms with Crippen LogP contribution < -0.4 is 10.6 Å². The van der Waals surface area contributed by atoms with Gasteiger partial charge in [0.2, 0.25) is 0 Å². The minimum atomic E-state index is 0.199. The number of H-pyrrole nitrogens is 2. The third kappa shape index (κ3) is 4.12. The molecule has 0 amide bonds. The van der Waals surface area contributed by atoms with E-state index >= 15 is 0 Å². The summed E-state index contributed by atoms with van der Waals surface area (Å²) >= 11 is 0. The van der Waals surface area contributed by atoms with Crippen LogP contribution in [0.5, 0.6) is 0 Å². The molecule has 1 aliphatic rings. The summed E-state index contributed by atoms with van der Waals surface area (Å²) in [4.78, 5) is 16.4. The molecule has 33 heavy (non-hydrogen) atoms. The first-order valence-electron chi connectivity index (χ1n) is 11.8. The van der Waals surface area contributed by atoms with Crippen LogP contribution in [0.1, 0.15) is 55.3 Å². The fraction of sp³-hybridized carbons (Fsp3) is 0.333. The van der Waals surface area contributed by atoms with Crippen molar-refractivity contribution < 1.29 is 0 Å². The average Bonchev–Trinajstić information content (AvgIpc) is 3.48. The van der Waals surface area contributed by atoms with Crippen LogP contribution in [0, 0.1) is 0 Å². The number of aromatic nitrogens is 4. The Hall–Kier alpha value is -3.22. The Bertz CT molecular complexity index is 1250. The number of imidazole rings is 2. The van der Waals surface area contributed by atoms with Gasteiger partial charge in [0.05, 0.1) is 29.7 Å². The highest BCUT2D eigenvalue weighted by molar-refractivity contribution is 5.75. The van der Waals surface area contributed by atoms with Crippen LogP contribution in [0.25, 0.3) is 33.6 Å². The summed E-state index contributed by atoms with van der Waals surface area (Å²) in [5.41, 5.74) is 9.67. The molecule has 0 fully saturated rings. The van der Waals surface area contributed by atoms with Gasteiger partial charge in [-0.25, -0.2) is 9.97 Å². The molecule has 6 heteroatoms. The van der Waals surface area contributed by atoms with Crippen LogP contribution in [0.15, 0.2) is 48.7 Å². The zero-order valence-corrected chi connectivity index (χ0v) is 19.8. The minimum Gasteiger partial charge on any atom is -0.344 e. The van der Waals surface area contributed by atoms with Crippen LogP contribution in [-0.4, -0.2) is 34.0 Å². The molecule has 0 saturated heterocycles. The summed E-state index contributed by atoms with van der Waals surface area (Å²) in [6.07, 6.45) is 5.15. The van der Waals surface area contributed by atoms with Gasteiger partial charge in [-0.05, 0) is 69.5 Å². The SMILES string of the molecule is CN[C@@H](C)c1ncc(-c2ccc(-c3ccc4c(c3)CCCc3[nH]c([C@H](C)NC)nc3-4)cc2)[nH]1. The lowest BCUT2D eigenvalue weighted by molar-refractivity contribution is 0.615. The van der Waals surface area contributed by atoms with Crippen LogP contribution in [-0.2, 0) is 12.8 Å². The van der Waals surface area contributed by atoms with Crippen molar-refractivity contribution in [1.82, 2.24) is 30.6 Å². The minimum absolute atomic E-state index is 0.199. The van der Waals surface area contributed by atoms with Gasteiger partial charge >= 0.3 is 0 Å². The first-order chi connectivity index (χ1) is 16.1. The maximum absolute atomic E-state index is 4.96. The van der Waals surface area contributed by atoms with Crippen LogP contribution in [0.2, 0.25) is 0 Å². The normalized spacial score (nSPS) is 14.9. The lowest BCUT2D eigenvalue weighted by atomic mass is 9.95. The molecule has 2 heterocycles. The Morgan fingerprint density at radius 1 is 0.818 bits per heavy atom. The largest absolute Gasteiger partial charge is 0.344 e. The lowest BCUT2D eigenvalue weighted by Crippen LogP contribution is -2.13. The van der Waals surface area contributed by atoms with E-state index in [9.17, 15) is 0 Å². The van der Waals surface area contributed by atoms with Gasteiger partial charge in [0.25, 0.3) is 0 Å². The van der Waals surface area contributed by atoms with E-state index in [0.29, 0.717) is 0 Å². The van der Waals surface area contributed by atoms with Crippen molar-refractivity contribution in [2.24, 2.45) is 0 Å². The van der Waals surface area contributed by atoms with Crippen molar-refractivity contribution in [2.75, 3.05) is 14.1 Å². The fourth-order valence-electron chi connectivity index (χ4n) is 4.52. The topological polar surface area (TPSA) is 81.4 Å². The van der Waals surface area contributed by atoms with E-state index in [2.05, 4.69) is 81.9 Å². The molecular weight excluding hydrogens is 408 g/mol. The van der Waals surface area contributed by atoms with Gasteiger partial charge in [0, 0.05) is 11.3 Å². The summed E-state index contributed by atoms with van der Waals surface area (Å²) in [6.45, 7) is 4.23. The number of nitrogens with one attached hydrogen (secondary N) is 4. The van der Waals surface area contributed by atoms with Crippen LogP contribution in [0.3, 0.4) is 0 Å². The maximum Gasteiger partial charge on any atom is 0.123 e. The molecule has 0 bridgehead atoms. The summed E-state index contributed by atoms with van der Waals surface area (Å²) < 4.78 is 0. The zero-order valence-electron chi connectivity index (χ0n) is 19.8. The zero-order chi connectivity index (χ0) is 22.9. The molecule has 0 saturated carbocycles. The molecule has 2 aromatic heterocycles. The predicted molar refractivity (Wildman–Crippen MR) is 134 cm³/mol. The number of fused-ring (bicyclic) bond motifs is 3. The Morgan fingerprint density at radius 2 is 1.52 bits per heavy atom. The van der Waals surface area contributed by atoms with Crippen molar-refractivity contribution in [1.29, 1.82) is 0 Å². The lowest BCUT2D eigenvalue weighted by Gasteiger charge is -2.10. The van der Waals surface area contributed by atoms with Crippen molar-refractivity contribution in [3.8, 4) is 33.6 Å². The second-order valence-corrected chi connectivity index (χ2v) is 8.95. The number of benzene rings is 2. The average molecular weight is 441 g/mol. The summed E-state index contributed by atoms with van der Waals surface area (Å²) in [5, 5.41) is 6.50. The van der Waals surface area contributed by atoms with Crippen molar-refractivity contribution in [2.45, 2.75) is 45.2 Å². The molecule has 5 rings (SSSR count). The molecule has 4 aromatic rings. The highest BCUT2D eigenvalue weighted by Gasteiger charge is 2.21. The van der Waals surface area contributed by atoms with E-state index in [-0.39, 0.29) is 12.1 Å². The van der Waals surface area contributed by atoms with E-state index in [1.807, 2.05) is 20.3 Å². The Morgan fingerprint density at radius 3 is 2.27 bits per heavy atom. The number of aromatic amines is 2. The Kier molecular flexibility index (Phi) is 5.87. The van der Waals surface area contributed by atoms with Crippen molar-refractivity contribution >= 4 is 0 Å². The highest BCUT2D eigenvalue weighted by Crippen LogP contribution is 2.35. The number of hydrogen-bond acceptors (Lipinski definition) is 4. The van der Waals surface area contributed by atoms with Crippen LogP contribution in [0.4, 0.5) is 0 Å². The first-order valence-corrected chi connectivity index (χ1v) is 11.8. The van der Waals surface area contributed by atoms with E-state index in [1.165, 1.54) is 27.9 Å². The van der Waals surface area contributed by atoms with Crippen molar-refractivity contribution in [3.63, 3.8) is 0 Å². The first kappa shape index (κ1) is 21.6. The van der Waals surface area contributed by atoms with Gasteiger partial charge in [-0.15, -0.1) is 0 Å². The second-order valence-electron chi connectivity index (χ2n) is 8.95. The molecule has 0 radical (unpaired) electrons. The molecule has 1 aliphatic carbocycles. The smallest absolute Gasteiger partial charge is 0.123 e. The summed E-state index contributed by atoms with van der Waals surface area (Å²) in [5.74, 6) is 1.97. The number of rotatable bonds is 6. The molecule has 0 aliphatic heterocycles. The Labute approximate surface area is 195 Å².